The Hall–Kier alpha value is -0.0800. The van der Waals surface area contributed by atoms with E-state index in [-0.39, 0.29) is 0 Å². The van der Waals surface area contributed by atoms with E-state index in [2.05, 4.69) is 27.7 Å². The topological polar surface area (TPSA) is 35.2 Å². The van der Waals surface area contributed by atoms with Gasteiger partial charge in [0, 0.05) is 6.61 Å². The van der Waals surface area contributed by atoms with Crippen LogP contribution < -0.4 is 5.73 Å². The SMILES string of the molecule is CCOC1CC(C(C)(C)C)CCC1CN. The highest BCUT2D eigenvalue weighted by atomic mass is 16.5. The molecule has 0 aliphatic heterocycles. The van der Waals surface area contributed by atoms with Crippen molar-refractivity contribution in [2.75, 3.05) is 13.2 Å². The van der Waals surface area contributed by atoms with Gasteiger partial charge in [-0.2, -0.15) is 0 Å². The zero-order valence-corrected chi connectivity index (χ0v) is 10.8. The molecule has 0 radical (unpaired) electrons. The normalized spacial score (nSPS) is 33.0. The van der Waals surface area contributed by atoms with Crippen LogP contribution in [0, 0.1) is 17.3 Å². The number of ether oxygens (including phenoxy) is 1. The lowest BCUT2D eigenvalue weighted by atomic mass is 9.68. The van der Waals surface area contributed by atoms with Crippen molar-refractivity contribution in [2.24, 2.45) is 23.0 Å². The van der Waals surface area contributed by atoms with Crippen molar-refractivity contribution < 1.29 is 4.74 Å². The van der Waals surface area contributed by atoms with Crippen LogP contribution in [0.3, 0.4) is 0 Å². The van der Waals surface area contributed by atoms with Gasteiger partial charge in [-0.3, -0.25) is 0 Å². The fourth-order valence-electron chi connectivity index (χ4n) is 2.67. The number of nitrogens with two attached hydrogens (primary N) is 1. The molecule has 0 heterocycles. The highest BCUT2D eigenvalue weighted by Crippen LogP contribution is 2.40. The molecule has 0 aromatic rings. The van der Waals surface area contributed by atoms with Crippen molar-refractivity contribution in [1.29, 1.82) is 0 Å². The van der Waals surface area contributed by atoms with Crippen molar-refractivity contribution in [2.45, 2.75) is 53.1 Å². The van der Waals surface area contributed by atoms with Gasteiger partial charge >= 0.3 is 0 Å². The molecule has 1 fully saturated rings. The van der Waals surface area contributed by atoms with Gasteiger partial charge in [0.15, 0.2) is 0 Å². The lowest BCUT2D eigenvalue weighted by Crippen LogP contribution is -2.39. The second-order valence-electron chi connectivity index (χ2n) is 5.87. The minimum Gasteiger partial charge on any atom is -0.378 e. The van der Waals surface area contributed by atoms with E-state index in [1.165, 1.54) is 19.3 Å². The van der Waals surface area contributed by atoms with Gasteiger partial charge in [0.1, 0.15) is 0 Å². The molecule has 1 aliphatic rings. The Balaban J connectivity index is 2.57. The molecule has 0 aromatic heterocycles. The fourth-order valence-corrected chi connectivity index (χ4v) is 2.67. The Kier molecular flexibility index (Phi) is 4.60. The van der Waals surface area contributed by atoms with Crippen molar-refractivity contribution in [1.82, 2.24) is 0 Å². The summed E-state index contributed by atoms with van der Waals surface area (Å²) in [5, 5.41) is 0. The second-order valence-corrected chi connectivity index (χ2v) is 5.87. The molecule has 1 saturated carbocycles. The van der Waals surface area contributed by atoms with Gasteiger partial charge in [-0.15, -0.1) is 0 Å². The van der Waals surface area contributed by atoms with E-state index in [0.717, 1.165) is 19.1 Å². The summed E-state index contributed by atoms with van der Waals surface area (Å²) in [5.41, 5.74) is 6.21. The Morgan fingerprint density at radius 1 is 1.27 bits per heavy atom. The minimum atomic E-state index is 0.401. The average molecular weight is 213 g/mol. The van der Waals surface area contributed by atoms with E-state index in [9.17, 15) is 0 Å². The van der Waals surface area contributed by atoms with Crippen LogP contribution in [0.2, 0.25) is 0 Å². The standard InChI is InChI=1S/C13H27NO/c1-5-15-12-8-11(13(2,3)4)7-6-10(12)9-14/h10-12H,5-9,14H2,1-4H3. The van der Waals surface area contributed by atoms with Crippen LogP contribution >= 0.6 is 0 Å². The molecule has 3 atom stereocenters. The largest absolute Gasteiger partial charge is 0.378 e. The van der Waals surface area contributed by atoms with Crippen molar-refractivity contribution in [3.05, 3.63) is 0 Å². The summed E-state index contributed by atoms with van der Waals surface area (Å²) in [5.74, 6) is 1.38. The Morgan fingerprint density at radius 2 is 1.93 bits per heavy atom. The molecule has 1 aliphatic carbocycles. The smallest absolute Gasteiger partial charge is 0.0618 e. The first-order valence-corrected chi connectivity index (χ1v) is 6.30. The monoisotopic (exact) mass is 213 g/mol. The maximum Gasteiger partial charge on any atom is 0.0618 e. The molecular weight excluding hydrogens is 186 g/mol. The summed E-state index contributed by atoms with van der Waals surface area (Å²) in [4.78, 5) is 0. The molecule has 2 heteroatoms. The molecular formula is C13H27NO. The minimum absolute atomic E-state index is 0.401. The fraction of sp³-hybridized carbons (Fsp3) is 1.00. The van der Waals surface area contributed by atoms with Crippen LogP contribution in [0.15, 0.2) is 0 Å². The number of rotatable bonds is 3. The van der Waals surface area contributed by atoms with Gasteiger partial charge in [0.25, 0.3) is 0 Å². The molecule has 0 bridgehead atoms. The molecule has 15 heavy (non-hydrogen) atoms. The lowest BCUT2D eigenvalue weighted by Gasteiger charge is -2.41. The van der Waals surface area contributed by atoms with Gasteiger partial charge < -0.3 is 10.5 Å². The van der Waals surface area contributed by atoms with E-state index in [0.29, 0.717) is 17.4 Å². The summed E-state index contributed by atoms with van der Waals surface area (Å²) in [7, 11) is 0. The summed E-state index contributed by atoms with van der Waals surface area (Å²) < 4.78 is 5.83. The highest BCUT2D eigenvalue weighted by Gasteiger charge is 2.35. The second kappa shape index (κ2) is 5.31. The highest BCUT2D eigenvalue weighted by molar-refractivity contribution is 4.86. The van der Waals surface area contributed by atoms with Crippen LogP contribution in [0.5, 0.6) is 0 Å². The molecule has 0 spiro atoms. The van der Waals surface area contributed by atoms with Gasteiger partial charge in [-0.1, -0.05) is 20.8 Å². The maximum atomic E-state index is 5.83. The number of hydrogen-bond acceptors (Lipinski definition) is 2. The predicted molar refractivity (Wildman–Crippen MR) is 64.8 cm³/mol. The quantitative estimate of drug-likeness (QED) is 0.782. The first-order chi connectivity index (χ1) is 6.99. The molecule has 0 amide bonds. The third-order valence-electron chi connectivity index (χ3n) is 3.84. The molecule has 2 nitrogen and oxygen atoms in total. The zero-order chi connectivity index (χ0) is 11.5. The van der Waals surface area contributed by atoms with Gasteiger partial charge in [-0.05, 0) is 50.0 Å². The van der Waals surface area contributed by atoms with Gasteiger partial charge in [0.2, 0.25) is 0 Å². The summed E-state index contributed by atoms with van der Waals surface area (Å²) in [6.45, 7) is 10.7. The van der Waals surface area contributed by atoms with Crippen LogP contribution in [-0.4, -0.2) is 19.3 Å². The average Bonchev–Trinajstić information content (AvgIpc) is 2.17. The molecule has 0 aromatic carbocycles. The van der Waals surface area contributed by atoms with Crippen molar-refractivity contribution >= 4 is 0 Å². The number of hydrogen-bond donors (Lipinski definition) is 1. The third-order valence-corrected chi connectivity index (χ3v) is 3.84. The molecule has 0 saturated heterocycles. The molecule has 1 rings (SSSR count). The first kappa shape index (κ1) is 13.0. The van der Waals surface area contributed by atoms with Gasteiger partial charge in [-0.25, -0.2) is 0 Å². The summed E-state index contributed by atoms with van der Waals surface area (Å²) in [6.07, 6.45) is 4.15. The van der Waals surface area contributed by atoms with Crippen molar-refractivity contribution in [3.63, 3.8) is 0 Å². The van der Waals surface area contributed by atoms with Crippen LogP contribution in [0.25, 0.3) is 0 Å². The van der Waals surface area contributed by atoms with E-state index < -0.39 is 0 Å². The predicted octanol–water partition coefficient (Wildman–Crippen LogP) is 2.81. The van der Waals surface area contributed by atoms with E-state index in [4.69, 9.17) is 10.5 Å². The summed E-state index contributed by atoms with van der Waals surface area (Å²) in [6, 6.07) is 0. The van der Waals surface area contributed by atoms with Crippen LogP contribution in [-0.2, 0) is 4.74 Å². The van der Waals surface area contributed by atoms with Crippen LogP contribution in [0.1, 0.15) is 47.0 Å². The Labute approximate surface area is 94.6 Å². The van der Waals surface area contributed by atoms with E-state index >= 15 is 0 Å². The van der Waals surface area contributed by atoms with E-state index in [1.54, 1.807) is 0 Å². The Morgan fingerprint density at radius 3 is 2.40 bits per heavy atom. The van der Waals surface area contributed by atoms with Gasteiger partial charge in [0.05, 0.1) is 6.10 Å². The summed E-state index contributed by atoms with van der Waals surface area (Å²) >= 11 is 0. The molecule has 90 valence electrons. The first-order valence-electron chi connectivity index (χ1n) is 6.30. The van der Waals surface area contributed by atoms with E-state index in [1.807, 2.05) is 0 Å². The third kappa shape index (κ3) is 3.46. The zero-order valence-electron chi connectivity index (χ0n) is 10.8. The lowest BCUT2D eigenvalue weighted by molar-refractivity contribution is -0.0354. The molecule has 3 unspecified atom stereocenters. The maximum absolute atomic E-state index is 5.83. The van der Waals surface area contributed by atoms with Crippen LogP contribution in [0.4, 0.5) is 0 Å². The van der Waals surface area contributed by atoms with Crippen molar-refractivity contribution in [3.8, 4) is 0 Å². The Bertz CT molecular complexity index is 185. The molecule has 2 N–H and O–H groups in total.